The topological polar surface area (TPSA) is 139 Å². The second-order valence-corrected chi connectivity index (χ2v) is 10.8. The molecule has 0 aliphatic carbocycles. The minimum atomic E-state index is -1.04. The highest BCUT2D eigenvalue weighted by Crippen LogP contribution is 2.35. The number of carbonyl (C=O) groups is 4. The number of piperidine rings is 6. The first kappa shape index (κ1) is 24.7. The summed E-state index contributed by atoms with van der Waals surface area (Å²) in [4.78, 5) is 54.2. The Kier molecular flexibility index (Phi) is 6.98. The van der Waals surface area contributed by atoms with Gasteiger partial charge in [0.25, 0.3) is 11.8 Å². The van der Waals surface area contributed by atoms with Gasteiger partial charge in [0.05, 0.1) is 0 Å². The molecule has 194 valence electrons. The van der Waals surface area contributed by atoms with Crippen LogP contribution < -0.4 is 10.6 Å². The second-order valence-electron chi connectivity index (χ2n) is 10.8. The molecule has 36 heavy (non-hydrogen) atoms. The fourth-order valence-corrected chi connectivity index (χ4v) is 6.70. The highest BCUT2D eigenvalue weighted by Gasteiger charge is 2.43. The predicted octanol–water partition coefficient (Wildman–Crippen LogP) is 0.736. The van der Waals surface area contributed by atoms with E-state index in [-0.39, 0.29) is 23.0 Å². The molecule has 1 aromatic rings. The van der Waals surface area contributed by atoms with Gasteiger partial charge in [0.1, 0.15) is 12.1 Å². The smallest absolute Gasteiger partial charge is 0.326 e. The van der Waals surface area contributed by atoms with E-state index < -0.39 is 35.8 Å². The minimum Gasteiger partial charge on any atom is -0.480 e. The van der Waals surface area contributed by atoms with Crippen LogP contribution in [-0.2, 0) is 9.59 Å². The molecule has 6 saturated heterocycles. The van der Waals surface area contributed by atoms with E-state index in [0.717, 1.165) is 51.9 Å². The third-order valence-corrected chi connectivity index (χ3v) is 8.78. The van der Waals surface area contributed by atoms with E-state index in [1.807, 2.05) is 0 Å². The molecule has 4 N–H and O–H groups in total. The molecule has 6 aliphatic heterocycles. The first-order chi connectivity index (χ1) is 17.3. The quantitative estimate of drug-likeness (QED) is 0.412. The molecule has 10 heteroatoms. The Balaban J connectivity index is 1.22. The Morgan fingerprint density at radius 3 is 1.25 bits per heavy atom. The van der Waals surface area contributed by atoms with Crippen molar-refractivity contribution in [2.24, 2.45) is 23.7 Å². The van der Waals surface area contributed by atoms with Crippen LogP contribution in [0.15, 0.2) is 24.3 Å². The van der Waals surface area contributed by atoms with Gasteiger partial charge in [-0.3, -0.25) is 9.59 Å². The van der Waals surface area contributed by atoms with Crippen LogP contribution in [0.4, 0.5) is 0 Å². The van der Waals surface area contributed by atoms with Crippen LogP contribution in [0.2, 0.25) is 0 Å². The van der Waals surface area contributed by atoms with Crippen molar-refractivity contribution in [3.8, 4) is 0 Å². The molecule has 4 bridgehead atoms. The van der Waals surface area contributed by atoms with Crippen molar-refractivity contribution in [1.29, 1.82) is 0 Å². The third-order valence-electron chi connectivity index (χ3n) is 8.78. The Hall–Kier alpha value is -2.98. The van der Waals surface area contributed by atoms with Gasteiger partial charge in [-0.25, -0.2) is 9.59 Å². The van der Waals surface area contributed by atoms with E-state index in [4.69, 9.17) is 0 Å². The first-order valence-electron chi connectivity index (χ1n) is 12.9. The number of nitrogens with one attached hydrogen (secondary N) is 2. The summed E-state index contributed by atoms with van der Waals surface area (Å²) in [6, 6.07) is 3.97. The number of carboxylic acids is 2. The number of rotatable bonds is 8. The monoisotopic (exact) mass is 498 g/mol. The van der Waals surface area contributed by atoms with Crippen molar-refractivity contribution in [3.05, 3.63) is 35.4 Å². The van der Waals surface area contributed by atoms with Crippen LogP contribution >= 0.6 is 0 Å². The zero-order valence-electron chi connectivity index (χ0n) is 20.3. The lowest BCUT2D eigenvalue weighted by Crippen LogP contribution is -2.57. The van der Waals surface area contributed by atoms with Crippen molar-refractivity contribution in [2.45, 2.75) is 37.8 Å². The SMILES string of the molecule is O=C(N[C@@H](C(=O)O)[C@H]1CN2CCC1CC2)c1ccc(C(=O)N[C@@H](C(=O)O)[C@H]2CN3CCC2CC3)cc1. The zero-order valence-corrected chi connectivity index (χ0v) is 20.3. The number of nitrogens with zero attached hydrogens (tertiary/aromatic N) is 2. The van der Waals surface area contributed by atoms with Crippen LogP contribution in [0, 0.1) is 23.7 Å². The van der Waals surface area contributed by atoms with E-state index in [9.17, 15) is 29.4 Å². The molecule has 10 nitrogen and oxygen atoms in total. The van der Waals surface area contributed by atoms with Crippen LogP contribution in [0.5, 0.6) is 0 Å². The lowest BCUT2D eigenvalue weighted by molar-refractivity contribution is -0.143. The maximum atomic E-state index is 12.9. The van der Waals surface area contributed by atoms with Crippen molar-refractivity contribution < 1.29 is 29.4 Å². The normalized spacial score (nSPS) is 32.3. The van der Waals surface area contributed by atoms with Crippen molar-refractivity contribution in [3.63, 3.8) is 0 Å². The number of carbonyl (C=O) groups excluding carboxylic acids is 2. The summed E-state index contributed by atoms with van der Waals surface area (Å²) < 4.78 is 0. The van der Waals surface area contributed by atoms with Gasteiger partial charge in [0, 0.05) is 36.1 Å². The first-order valence-corrected chi connectivity index (χ1v) is 12.9. The van der Waals surface area contributed by atoms with E-state index >= 15 is 0 Å². The van der Waals surface area contributed by atoms with Gasteiger partial charge in [0.2, 0.25) is 0 Å². The van der Waals surface area contributed by atoms with Gasteiger partial charge in [0.15, 0.2) is 0 Å². The number of carboxylic acid groups (broad SMARTS) is 2. The van der Waals surface area contributed by atoms with Crippen LogP contribution in [0.3, 0.4) is 0 Å². The maximum Gasteiger partial charge on any atom is 0.326 e. The zero-order chi connectivity index (χ0) is 25.4. The molecule has 7 rings (SSSR count). The summed E-state index contributed by atoms with van der Waals surface area (Å²) in [5, 5.41) is 25.0. The highest BCUT2D eigenvalue weighted by molar-refractivity contribution is 6.00. The molecular formula is C26H34N4O6. The van der Waals surface area contributed by atoms with Gasteiger partial charge in [-0.1, -0.05) is 0 Å². The molecule has 0 spiro atoms. The number of aliphatic carboxylic acids is 2. The van der Waals surface area contributed by atoms with Crippen LogP contribution in [-0.4, -0.2) is 95.1 Å². The fourth-order valence-electron chi connectivity index (χ4n) is 6.70. The van der Waals surface area contributed by atoms with E-state index in [1.54, 1.807) is 0 Å². The molecule has 1 aromatic carbocycles. The van der Waals surface area contributed by atoms with Gasteiger partial charge in [-0.05, 0) is 88.0 Å². The summed E-state index contributed by atoms with van der Waals surface area (Å²) in [5.41, 5.74) is 0.512. The number of hydrogen-bond acceptors (Lipinski definition) is 6. The second kappa shape index (κ2) is 10.2. The van der Waals surface area contributed by atoms with Gasteiger partial charge >= 0.3 is 11.9 Å². The summed E-state index contributed by atoms with van der Waals surface area (Å²) in [7, 11) is 0. The standard InChI is InChI=1S/C26H34N4O6/c31-23(27-21(25(33)34)19-13-29-9-5-15(19)6-10-29)17-1-2-18(4-3-17)24(32)28-22(26(35)36)20-14-30-11-7-16(20)8-12-30/h1-4,15-16,19-22H,5-14H2,(H,27,31)(H,28,32)(H,33,34)(H,35,36)/t19-,20-,21+,22+/m0/s1. The number of fused-ring (bicyclic) bond motifs is 6. The molecule has 6 heterocycles. The molecule has 0 saturated carbocycles. The summed E-state index contributed by atoms with van der Waals surface area (Å²) in [6.07, 6.45) is 3.80. The average molecular weight is 499 g/mol. The Morgan fingerprint density at radius 2 is 1.00 bits per heavy atom. The number of amides is 2. The summed E-state index contributed by atoms with van der Waals surface area (Å²) >= 11 is 0. The van der Waals surface area contributed by atoms with Crippen LogP contribution in [0.1, 0.15) is 46.4 Å². The maximum absolute atomic E-state index is 12.9. The molecule has 2 amide bonds. The Bertz CT molecular complexity index is 933. The molecular weight excluding hydrogens is 464 g/mol. The summed E-state index contributed by atoms with van der Waals surface area (Å²) in [5.74, 6) is -2.74. The van der Waals surface area contributed by atoms with E-state index in [2.05, 4.69) is 20.4 Å². The van der Waals surface area contributed by atoms with E-state index in [0.29, 0.717) is 24.9 Å². The average Bonchev–Trinajstić information content (AvgIpc) is 2.91. The third kappa shape index (κ3) is 4.97. The highest BCUT2D eigenvalue weighted by atomic mass is 16.4. The van der Waals surface area contributed by atoms with E-state index in [1.165, 1.54) is 24.3 Å². The van der Waals surface area contributed by atoms with Crippen molar-refractivity contribution in [1.82, 2.24) is 20.4 Å². The molecule has 6 fully saturated rings. The number of benzene rings is 1. The molecule has 0 aromatic heterocycles. The fraction of sp³-hybridized carbons (Fsp3) is 0.615. The lowest BCUT2D eigenvalue weighted by atomic mass is 9.75. The van der Waals surface area contributed by atoms with Gasteiger partial charge in [-0.2, -0.15) is 0 Å². The minimum absolute atomic E-state index is 0.127. The largest absolute Gasteiger partial charge is 0.480 e. The van der Waals surface area contributed by atoms with Crippen molar-refractivity contribution in [2.75, 3.05) is 39.3 Å². The lowest BCUT2D eigenvalue weighted by Gasteiger charge is -2.46. The molecule has 6 aliphatic rings. The Morgan fingerprint density at radius 1 is 0.667 bits per heavy atom. The Labute approximate surface area is 210 Å². The van der Waals surface area contributed by atoms with Crippen molar-refractivity contribution >= 4 is 23.8 Å². The molecule has 0 unspecified atom stereocenters. The number of hydrogen-bond donors (Lipinski definition) is 4. The summed E-state index contributed by atoms with van der Waals surface area (Å²) in [6.45, 7) is 5.26. The van der Waals surface area contributed by atoms with Crippen LogP contribution in [0.25, 0.3) is 0 Å². The van der Waals surface area contributed by atoms with Gasteiger partial charge in [-0.15, -0.1) is 0 Å². The molecule has 0 radical (unpaired) electrons. The van der Waals surface area contributed by atoms with Gasteiger partial charge < -0.3 is 30.6 Å². The molecule has 4 atom stereocenters. The predicted molar refractivity (Wildman–Crippen MR) is 130 cm³/mol.